The van der Waals surface area contributed by atoms with Crippen molar-refractivity contribution < 1.29 is 9.53 Å². The van der Waals surface area contributed by atoms with E-state index in [9.17, 15) is 4.79 Å². The molecule has 1 heterocycles. The third kappa shape index (κ3) is 6.07. The van der Waals surface area contributed by atoms with E-state index in [1.807, 2.05) is 61.5 Å². The van der Waals surface area contributed by atoms with Gasteiger partial charge in [-0.1, -0.05) is 42.5 Å². The predicted molar refractivity (Wildman–Crippen MR) is 118 cm³/mol. The minimum atomic E-state index is -0.155. The van der Waals surface area contributed by atoms with Crippen LogP contribution in [-0.4, -0.2) is 35.4 Å². The van der Waals surface area contributed by atoms with Crippen molar-refractivity contribution in [1.82, 2.24) is 15.1 Å². The average molecular weight is 415 g/mol. The zero-order chi connectivity index (χ0) is 19.9. The van der Waals surface area contributed by atoms with E-state index in [0.717, 1.165) is 23.3 Å². The molecule has 154 valence electrons. The van der Waals surface area contributed by atoms with Gasteiger partial charge in [0.25, 0.3) is 5.91 Å². The van der Waals surface area contributed by atoms with Gasteiger partial charge in [-0.15, -0.1) is 12.4 Å². The summed E-state index contributed by atoms with van der Waals surface area (Å²) in [7, 11) is 1.62. The third-order valence-electron chi connectivity index (χ3n) is 4.42. The topological polar surface area (TPSA) is 82.2 Å². The van der Waals surface area contributed by atoms with Crippen molar-refractivity contribution in [2.45, 2.75) is 25.9 Å². The van der Waals surface area contributed by atoms with Crippen LogP contribution in [0.5, 0.6) is 5.75 Å². The number of methoxy groups -OCH3 is 1. The van der Waals surface area contributed by atoms with Gasteiger partial charge in [-0.25, -0.2) is 0 Å². The van der Waals surface area contributed by atoms with Gasteiger partial charge in [-0.05, 0) is 31.0 Å². The maximum absolute atomic E-state index is 12.8. The Kier molecular flexibility index (Phi) is 8.24. The van der Waals surface area contributed by atoms with E-state index in [-0.39, 0.29) is 24.4 Å². The van der Waals surface area contributed by atoms with Crippen LogP contribution in [0.2, 0.25) is 0 Å². The molecule has 7 heteroatoms. The molecule has 0 aliphatic carbocycles. The lowest BCUT2D eigenvalue weighted by molar-refractivity contribution is 0.0953. The molecule has 2 aromatic carbocycles. The molecule has 1 amide bonds. The van der Waals surface area contributed by atoms with Crippen molar-refractivity contribution in [2.24, 2.45) is 5.73 Å². The van der Waals surface area contributed by atoms with Crippen molar-refractivity contribution in [3.05, 3.63) is 71.9 Å². The molecule has 0 radical (unpaired) electrons. The first-order valence-electron chi connectivity index (χ1n) is 9.36. The molecule has 0 bridgehead atoms. The first-order valence-corrected chi connectivity index (χ1v) is 9.36. The molecule has 3 aromatic rings. The van der Waals surface area contributed by atoms with Crippen LogP contribution in [0.4, 0.5) is 0 Å². The first-order chi connectivity index (χ1) is 13.6. The zero-order valence-corrected chi connectivity index (χ0v) is 17.5. The molecule has 3 N–H and O–H groups in total. The molecule has 0 aliphatic rings. The molecule has 6 nitrogen and oxygen atoms in total. The van der Waals surface area contributed by atoms with Crippen LogP contribution in [0.3, 0.4) is 0 Å². The van der Waals surface area contributed by atoms with E-state index < -0.39 is 0 Å². The molecule has 1 atom stereocenters. The lowest BCUT2D eigenvalue weighted by Gasteiger charge is -2.08. The van der Waals surface area contributed by atoms with Gasteiger partial charge in [0.15, 0.2) is 0 Å². The van der Waals surface area contributed by atoms with E-state index in [4.69, 9.17) is 15.6 Å². The SMILES string of the molecule is COc1cccc(-c2nn(Cc3ccccc3)cc2C(=O)NCCC(C)N)c1.Cl. The number of nitrogens with zero attached hydrogens (tertiary/aromatic N) is 2. The summed E-state index contributed by atoms with van der Waals surface area (Å²) in [6.45, 7) is 3.04. The number of carbonyl (C=O) groups is 1. The number of amides is 1. The van der Waals surface area contributed by atoms with Gasteiger partial charge < -0.3 is 15.8 Å². The minimum Gasteiger partial charge on any atom is -0.497 e. The summed E-state index contributed by atoms with van der Waals surface area (Å²) in [5.41, 5.74) is 8.90. The molecule has 29 heavy (non-hydrogen) atoms. The highest BCUT2D eigenvalue weighted by molar-refractivity contribution is 5.99. The van der Waals surface area contributed by atoms with Crippen LogP contribution >= 0.6 is 12.4 Å². The number of nitrogens with one attached hydrogen (secondary N) is 1. The molecular weight excluding hydrogens is 388 g/mol. The Morgan fingerprint density at radius 1 is 1.21 bits per heavy atom. The van der Waals surface area contributed by atoms with Crippen molar-refractivity contribution in [1.29, 1.82) is 0 Å². The van der Waals surface area contributed by atoms with Crippen LogP contribution in [0.1, 0.15) is 29.3 Å². The maximum Gasteiger partial charge on any atom is 0.255 e. The summed E-state index contributed by atoms with van der Waals surface area (Å²) >= 11 is 0. The molecule has 0 saturated heterocycles. The van der Waals surface area contributed by atoms with Crippen LogP contribution in [0.15, 0.2) is 60.8 Å². The van der Waals surface area contributed by atoms with Gasteiger partial charge in [-0.2, -0.15) is 5.10 Å². The van der Waals surface area contributed by atoms with Crippen molar-refractivity contribution >= 4 is 18.3 Å². The summed E-state index contributed by atoms with van der Waals surface area (Å²) in [5, 5.41) is 7.63. The van der Waals surface area contributed by atoms with Gasteiger partial charge in [0.2, 0.25) is 0 Å². The highest BCUT2D eigenvalue weighted by atomic mass is 35.5. The van der Waals surface area contributed by atoms with E-state index in [0.29, 0.717) is 24.3 Å². The highest BCUT2D eigenvalue weighted by Crippen LogP contribution is 2.26. The lowest BCUT2D eigenvalue weighted by Crippen LogP contribution is -2.29. The molecular formula is C22H27ClN4O2. The van der Waals surface area contributed by atoms with E-state index >= 15 is 0 Å². The Morgan fingerprint density at radius 3 is 2.66 bits per heavy atom. The molecule has 0 fully saturated rings. The zero-order valence-electron chi connectivity index (χ0n) is 16.7. The number of hydrogen-bond acceptors (Lipinski definition) is 4. The summed E-state index contributed by atoms with van der Waals surface area (Å²) in [6, 6.07) is 17.6. The Hall–Kier alpha value is -2.83. The fourth-order valence-corrected chi connectivity index (χ4v) is 2.93. The number of nitrogens with two attached hydrogens (primary N) is 1. The summed E-state index contributed by atoms with van der Waals surface area (Å²) in [5.74, 6) is 0.566. The lowest BCUT2D eigenvalue weighted by atomic mass is 10.1. The van der Waals surface area contributed by atoms with Crippen molar-refractivity contribution in [3.8, 4) is 17.0 Å². The Labute approximate surface area is 177 Å². The Bertz CT molecular complexity index is 926. The normalized spacial score (nSPS) is 11.4. The fraction of sp³-hybridized carbons (Fsp3) is 0.273. The monoisotopic (exact) mass is 414 g/mol. The second kappa shape index (κ2) is 10.6. The van der Waals surface area contributed by atoms with Gasteiger partial charge in [-0.3, -0.25) is 9.48 Å². The number of ether oxygens (including phenoxy) is 1. The highest BCUT2D eigenvalue weighted by Gasteiger charge is 2.18. The number of aromatic nitrogens is 2. The van der Waals surface area contributed by atoms with Crippen LogP contribution in [-0.2, 0) is 6.54 Å². The maximum atomic E-state index is 12.8. The molecule has 0 saturated carbocycles. The van der Waals surface area contributed by atoms with Crippen LogP contribution < -0.4 is 15.8 Å². The minimum absolute atomic E-state index is 0. The number of rotatable bonds is 8. The Morgan fingerprint density at radius 2 is 1.97 bits per heavy atom. The predicted octanol–water partition coefficient (Wildman–Crippen LogP) is 3.50. The molecule has 1 unspecified atom stereocenters. The number of carbonyl (C=O) groups excluding carboxylic acids is 1. The van der Waals surface area contributed by atoms with Crippen LogP contribution in [0, 0.1) is 0 Å². The summed E-state index contributed by atoms with van der Waals surface area (Å²) < 4.78 is 7.12. The molecule has 1 aromatic heterocycles. The van der Waals surface area contributed by atoms with E-state index in [2.05, 4.69) is 5.32 Å². The third-order valence-corrected chi connectivity index (χ3v) is 4.42. The first kappa shape index (κ1) is 22.5. The number of hydrogen-bond donors (Lipinski definition) is 2. The Balaban J connectivity index is 0.00000300. The molecule has 0 spiro atoms. The van der Waals surface area contributed by atoms with Crippen molar-refractivity contribution in [3.63, 3.8) is 0 Å². The molecule has 3 rings (SSSR count). The fourth-order valence-electron chi connectivity index (χ4n) is 2.93. The van der Waals surface area contributed by atoms with E-state index in [1.165, 1.54) is 0 Å². The second-order valence-corrected chi connectivity index (χ2v) is 6.83. The van der Waals surface area contributed by atoms with Gasteiger partial charge in [0.1, 0.15) is 11.4 Å². The number of halogens is 1. The second-order valence-electron chi connectivity index (χ2n) is 6.83. The quantitative estimate of drug-likeness (QED) is 0.591. The number of benzene rings is 2. The average Bonchev–Trinajstić information content (AvgIpc) is 3.12. The van der Waals surface area contributed by atoms with Gasteiger partial charge in [0.05, 0.1) is 19.2 Å². The van der Waals surface area contributed by atoms with Gasteiger partial charge in [0, 0.05) is 24.3 Å². The van der Waals surface area contributed by atoms with E-state index in [1.54, 1.807) is 18.0 Å². The van der Waals surface area contributed by atoms with Crippen LogP contribution in [0.25, 0.3) is 11.3 Å². The summed E-state index contributed by atoms with van der Waals surface area (Å²) in [6.07, 6.45) is 2.52. The standard InChI is InChI=1S/C22H26N4O2.ClH/c1-16(23)11-12-24-22(27)20-15-26(14-17-7-4-3-5-8-17)25-21(20)18-9-6-10-19(13-18)28-2;/h3-10,13,15-16H,11-12,14,23H2,1-2H3,(H,24,27);1H. The van der Waals surface area contributed by atoms with Gasteiger partial charge >= 0.3 is 0 Å². The largest absolute Gasteiger partial charge is 0.497 e. The van der Waals surface area contributed by atoms with Crippen molar-refractivity contribution in [2.75, 3.05) is 13.7 Å². The molecule has 0 aliphatic heterocycles. The smallest absolute Gasteiger partial charge is 0.255 e. The summed E-state index contributed by atoms with van der Waals surface area (Å²) in [4.78, 5) is 12.8.